The molecule has 0 amide bonds. The second kappa shape index (κ2) is 2.99. The molecule has 4 N–H and O–H groups in total. The minimum atomic E-state index is -5.19. The quantitative estimate of drug-likeness (QED) is 0.593. The molecule has 0 atom stereocenters. The molecule has 0 saturated heterocycles. The number of hydrogen-bond acceptors (Lipinski definition) is 3. The second-order valence-corrected chi connectivity index (χ2v) is 7.02. The van der Waals surface area contributed by atoms with E-state index in [1.165, 1.54) is 0 Å². The van der Waals surface area contributed by atoms with Crippen LogP contribution in [0.25, 0.3) is 0 Å². The zero-order valence-electron chi connectivity index (χ0n) is 8.88. The van der Waals surface area contributed by atoms with E-state index in [1.54, 1.807) is 0 Å². The van der Waals surface area contributed by atoms with Gasteiger partial charge in [0, 0.05) is 11.1 Å². The van der Waals surface area contributed by atoms with Crippen molar-refractivity contribution in [1.29, 1.82) is 0 Å². The van der Waals surface area contributed by atoms with Gasteiger partial charge in [0.05, 0.1) is 6.26 Å². The van der Waals surface area contributed by atoms with Gasteiger partial charge in [-0.05, 0) is 25.7 Å². The SMILES string of the molecule is CS(=O)(O)(O)n1c(O)c2c(c1O)CCCC2. The molecule has 2 rings (SSSR count). The molecule has 0 bridgehead atoms. The Hall–Kier alpha value is -1.05. The van der Waals surface area contributed by atoms with Crippen molar-refractivity contribution in [2.75, 3.05) is 6.26 Å². The van der Waals surface area contributed by atoms with Crippen molar-refractivity contribution in [3.8, 4) is 11.8 Å². The van der Waals surface area contributed by atoms with Crippen molar-refractivity contribution in [3.63, 3.8) is 0 Å². The highest BCUT2D eigenvalue weighted by atomic mass is 32.3. The van der Waals surface area contributed by atoms with Gasteiger partial charge in [-0.25, -0.2) is 4.21 Å². The minimum absolute atomic E-state index is 0.327. The van der Waals surface area contributed by atoms with Gasteiger partial charge in [-0.2, -0.15) is 3.97 Å². The number of hydrogen-bond donors (Lipinski definition) is 4. The van der Waals surface area contributed by atoms with Crippen LogP contribution in [0.15, 0.2) is 0 Å². The largest absolute Gasteiger partial charge is 0.493 e. The molecule has 0 aromatic carbocycles. The number of aromatic nitrogens is 1. The summed E-state index contributed by atoms with van der Waals surface area (Å²) in [5, 5.41) is 19.5. The molecule has 16 heavy (non-hydrogen) atoms. The van der Waals surface area contributed by atoms with Crippen LogP contribution in [0, 0.1) is 0 Å². The van der Waals surface area contributed by atoms with E-state index < -0.39 is 21.6 Å². The first-order chi connectivity index (χ1) is 7.18. The molecule has 1 heterocycles. The van der Waals surface area contributed by atoms with Gasteiger partial charge in [-0.1, -0.05) is 0 Å². The van der Waals surface area contributed by atoms with E-state index in [2.05, 4.69) is 0 Å². The summed E-state index contributed by atoms with van der Waals surface area (Å²) in [5.74, 6) is -1.03. The number of fused-ring (bicyclic) bond motifs is 1. The first-order valence-electron chi connectivity index (χ1n) is 4.97. The predicted molar refractivity (Wildman–Crippen MR) is 59.1 cm³/mol. The first-order valence-corrected chi connectivity index (χ1v) is 7.22. The zero-order valence-corrected chi connectivity index (χ0v) is 9.70. The van der Waals surface area contributed by atoms with Gasteiger partial charge in [0.1, 0.15) is 0 Å². The molecule has 1 aromatic heterocycles. The summed E-state index contributed by atoms with van der Waals surface area (Å²) in [5.41, 5.74) is 0.903. The van der Waals surface area contributed by atoms with Crippen LogP contribution in [-0.4, -0.2) is 33.8 Å². The molecule has 1 aromatic rings. The molecule has 1 aliphatic carbocycles. The number of rotatable bonds is 1. The Kier molecular flexibility index (Phi) is 2.14. The fourth-order valence-electron chi connectivity index (χ4n) is 2.14. The molecule has 6 nitrogen and oxygen atoms in total. The highest BCUT2D eigenvalue weighted by Gasteiger charge is 2.36. The summed E-state index contributed by atoms with van der Waals surface area (Å²) in [6, 6.07) is 0. The number of aromatic hydroxyl groups is 2. The van der Waals surface area contributed by atoms with Crippen molar-refractivity contribution >= 4 is 9.81 Å². The minimum Gasteiger partial charge on any atom is -0.493 e. The van der Waals surface area contributed by atoms with Gasteiger partial charge in [0.2, 0.25) is 11.8 Å². The van der Waals surface area contributed by atoms with Gasteiger partial charge in [0.15, 0.2) is 9.81 Å². The topological polar surface area (TPSA) is 103 Å². The molecule has 0 saturated carbocycles. The highest BCUT2D eigenvalue weighted by molar-refractivity contribution is 8.08. The smallest absolute Gasteiger partial charge is 0.211 e. The molecule has 0 radical (unpaired) electrons. The van der Waals surface area contributed by atoms with E-state index in [0.29, 0.717) is 34.2 Å². The predicted octanol–water partition coefficient (Wildman–Crippen LogP) is 0.937. The van der Waals surface area contributed by atoms with Gasteiger partial charge < -0.3 is 10.2 Å². The van der Waals surface area contributed by atoms with E-state index in [-0.39, 0.29) is 0 Å². The summed E-state index contributed by atoms with van der Waals surface area (Å²) < 4.78 is 30.8. The van der Waals surface area contributed by atoms with Crippen molar-refractivity contribution in [2.45, 2.75) is 25.7 Å². The Morgan fingerprint density at radius 2 is 1.44 bits per heavy atom. The molecule has 0 fully saturated rings. The van der Waals surface area contributed by atoms with Crippen LogP contribution in [0.2, 0.25) is 0 Å². The van der Waals surface area contributed by atoms with E-state index >= 15 is 0 Å². The molecule has 0 spiro atoms. The van der Waals surface area contributed by atoms with E-state index in [0.717, 1.165) is 12.8 Å². The second-order valence-electron chi connectivity index (χ2n) is 4.29. The average Bonchev–Trinajstić information content (AvgIpc) is 2.38. The molecular formula is C9H15NO5S. The molecule has 7 heteroatoms. The normalized spacial score (nSPS) is 18.8. The Labute approximate surface area is 92.7 Å². The number of nitrogens with zero attached hydrogens (tertiary/aromatic N) is 1. The van der Waals surface area contributed by atoms with Crippen LogP contribution in [-0.2, 0) is 22.7 Å². The van der Waals surface area contributed by atoms with E-state index in [9.17, 15) is 23.5 Å². The lowest BCUT2D eigenvalue weighted by atomic mass is 9.95. The lowest BCUT2D eigenvalue weighted by Gasteiger charge is -2.28. The van der Waals surface area contributed by atoms with Crippen molar-refractivity contribution in [2.24, 2.45) is 0 Å². The third-order valence-electron chi connectivity index (χ3n) is 2.81. The summed E-state index contributed by atoms with van der Waals surface area (Å²) in [7, 11) is -5.19. The molecule has 92 valence electrons. The van der Waals surface area contributed by atoms with Crippen LogP contribution < -0.4 is 0 Å². The van der Waals surface area contributed by atoms with Gasteiger partial charge in [-0.15, -0.1) is 0 Å². The van der Waals surface area contributed by atoms with E-state index in [4.69, 9.17) is 0 Å². The standard InChI is InChI=1S/C9H15NO5S/c1-16(13,14,15)10-8(11)6-4-2-3-5-7(6)9(10)12/h11-12H,2-5H2,1H3,(H2,13,14,15). The summed E-state index contributed by atoms with van der Waals surface area (Å²) in [6.45, 7) is 0. The summed E-state index contributed by atoms with van der Waals surface area (Å²) in [4.78, 5) is 0. The monoisotopic (exact) mass is 249 g/mol. The third-order valence-corrected chi connectivity index (χ3v) is 4.00. The van der Waals surface area contributed by atoms with Crippen LogP contribution >= 0.6 is 0 Å². The van der Waals surface area contributed by atoms with Gasteiger partial charge in [-0.3, -0.25) is 9.11 Å². The molecule has 0 unspecified atom stereocenters. The maximum absolute atomic E-state index is 11.6. The zero-order chi connectivity index (χ0) is 12.2. The van der Waals surface area contributed by atoms with Crippen LogP contribution in [0.4, 0.5) is 0 Å². The first kappa shape index (κ1) is 11.4. The highest BCUT2D eigenvalue weighted by Crippen LogP contribution is 2.42. The fraction of sp³-hybridized carbons (Fsp3) is 0.556. The van der Waals surface area contributed by atoms with Gasteiger partial charge in [0.25, 0.3) is 0 Å². The van der Waals surface area contributed by atoms with Crippen molar-refractivity contribution in [3.05, 3.63) is 11.1 Å². The maximum atomic E-state index is 11.6. The fourth-order valence-corrected chi connectivity index (χ4v) is 3.16. The van der Waals surface area contributed by atoms with E-state index in [1.807, 2.05) is 0 Å². The Morgan fingerprint density at radius 3 is 1.75 bits per heavy atom. The van der Waals surface area contributed by atoms with Gasteiger partial charge >= 0.3 is 0 Å². The lowest BCUT2D eigenvalue weighted by molar-refractivity contribution is 0.347. The van der Waals surface area contributed by atoms with Crippen molar-refractivity contribution in [1.82, 2.24) is 3.97 Å². The maximum Gasteiger partial charge on any atom is 0.211 e. The Bertz CT molecular complexity index is 472. The van der Waals surface area contributed by atoms with Crippen LogP contribution in [0.3, 0.4) is 0 Å². The van der Waals surface area contributed by atoms with Crippen molar-refractivity contribution < 1.29 is 23.5 Å². The third kappa shape index (κ3) is 1.60. The molecule has 1 aliphatic rings. The van der Waals surface area contributed by atoms with Crippen LogP contribution in [0.5, 0.6) is 11.8 Å². The summed E-state index contributed by atoms with van der Waals surface area (Å²) in [6.07, 6.45) is 3.42. The molecular weight excluding hydrogens is 234 g/mol. The van der Waals surface area contributed by atoms with Crippen LogP contribution in [0.1, 0.15) is 24.0 Å². The Balaban J connectivity index is 2.74. The Morgan fingerprint density at radius 1 is 1.06 bits per heavy atom. The lowest BCUT2D eigenvalue weighted by Crippen LogP contribution is -2.37. The average molecular weight is 249 g/mol. The molecule has 0 aliphatic heterocycles. The summed E-state index contributed by atoms with van der Waals surface area (Å²) >= 11 is 0.